The first-order chi connectivity index (χ1) is 12.8. The van der Waals surface area contributed by atoms with Crippen LogP contribution in [0, 0.1) is 6.92 Å². The molecule has 2 aliphatic rings. The lowest BCUT2D eigenvalue weighted by Gasteiger charge is -2.44. The summed E-state index contributed by atoms with van der Waals surface area (Å²) < 4.78 is 39.1. The molecule has 0 radical (unpaired) electrons. The highest BCUT2D eigenvalue weighted by atomic mass is 19.4. The maximum atomic E-state index is 13.0. The van der Waals surface area contributed by atoms with Gasteiger partial charge in [0.25, 0.3) is 0 Å². The Kier molecular flexibility index (Phi) is 4.55. The Labute approximate surface area is 157 Å². The van der Waals surface area contributed by atoms with Gasteiger partial charge in [0.15, 0.2) is 0 Å². The third kappa shape index (κ3) is 3.50. The summed E-state index contributed by atoms with van der Waals surface area (Å²) in [6.45, 7) is 2.33. The van der Waals surface area contributed by atoms with Crippen LogP contribution in [0.5, 0.6) is 0 Å². The van der Waals surface area contributed by atoms with Crippen molar-refractivity contribution in [2.45, 2.75) is 63.0 Å². The molecule has 2 saturated heterocycles. The average Bonchev–Trinajstić information content (AvgIpc) is 2.85. The van der Waals surface area contributed by atoms with Crippen LogP contribution in [0.4, 0.5) is 13.2 Å². The van der Waals surface area contributed by atoms with E-state index in [-0.39, 0.29) is 17.6 Å². The quantitative estimate of drug-likeness (QED) is 0.813. The summed E-state index contributed by atoms with van der Waals surface area (Å²) >= 11 is 0. The minimum Gasteiger partial charge on any atom is -0.385 e. The molecule has 0 amide bonds. The monoisotopic (exact) mass is 375 g/mol. The van der Waals surface area contributed by atoms with Crippen LogP contribution in [-0.4, -0.2) is 22.1 Å². The summed E-state index contributed by atoms with van der Waals surface area (Å²) in [4.78, 5) is 2.46. The van der Waals surface area contributed by atoms with Crippen molar-refractivity contribution in [3.8, 4) is 0 Å². The first-order valence-electron chi connectivity index (χ1n) is 9.47. The molecule has 2 bridgehead atoms. The van der Waals surface area contributed by atoms with Crippen molar-refractivity contribution in [2.24, 2.45) is 0 Å². The van der Waals surface area contributed by atoms with Gasteiger partial charge in [-0.25, -0.2) is 0 Å². The second-order valence-corrected chi connectivity index (χ2v) is 8.01. The summed E-state index contributed by atoms with van der Waals surface area (Å²) in [6, 6.07) is 14.9. The molecule has 0 aromatic heterocycles. The van der Waals surface area contributed by atoms with Crippen LogP contribution < -0.4 is 0 Å². The standard InChI is InChI=1S/C22H24F3NO/c1-15-11-17(7-10-20(15)22(23,24)25)21(27)12-18-8-9-19(13-21)26(18)14-16-5-3-2-4-6-16/h2-7,10-11,18-19,27H,8-9,12-14H2,1H3. The number of nitrogens with zero attached hydrogens (tertiary/aromatic N) is 1. The number of hydrogen-bond donors (Lipinski definition) is 1. The molecule has 0 spiro atoms. The normalized spacial score (nSPS) is 28.5. The van der Waals surface area contributed by atoms with Gasteiger partial charge in [-0.1, -0.05) is 42.5 Å². The Morgan fingerprint density at radius 1 is 1.04 bits per heavy atom. The summed E-state index contributed by atoms with van der Waals surface area (Å²) in [7, 11) is 0. The fraction of sp³-hybridized carbons (Fsp3) is 0.455. The molecule has 5 heteroatoms. The Morgan fingerprint density at radius 3 is 2.22 bits per heavy atom. The topological polar surface area (TPSA) is 23.5 Å². The van der Waals surface area contributed by atoms with Crippen molar-refractivity contribution in [2.75, 3.05) is 0 Å². The van der Waals surface area contributed by atoms with Gasteiger partial charge in [-0.05, 0) is 55.4 Å². The van der Waals surface area contributed by atoms with Crippen LogP contribution in [0.3, 0.4) is 0 Å². The van der Waals surface area contributed by atoms with Gasteiger partial charge in [0.05, 0.1) is 11.2 Å². The number of fused-ring (bicyclic) bond motifs is 2. The molecule has 27 heavy (non-hydrogen) atoms. The molecule has 144 valence electrons. The summed E-state index contributed by atoms with van der Waals surface area (Å²) in [5.74, 6) is 0. The molecule has 2 fully saturated rings. The van der Waals surface area contributed by atoms with Crippen molar-refractivity contribution >= 4 is 0 Å². The van der Waals surface area contributed by atoms with Crippen LogP contribution in [-0.2, 0) is 18.3 Å². The molecule has 0 aliphatic carbocycles. The van der Waals surface area contributed by atoms with Gasteiger partial charge in [0.2, 0.25) is 0 Å². The van der Waals surface area contributed by atoms with Crippen LogP contribution in [0.2, 0.25) is 0 Å². The fourth-order valence-corrected chi connectivity index (χ4v) is 4.88. The van der Waals surface area contributed by atoms with Gasteiger partial charge in [0.1, 0.15) is 0 Å². The van der Waals surface area contributed by atoms with Crippen LogP contribution in [0.25, 0.3) is 0 Å². The maximum absolute atomic E-state index is 13.0. The van der Waals surface area contributed by atoms with Crippen LogP contribution in [0.1, 0.15) is 47.9 Å². The highest BCUT2D eigenvalue weighted by molar-refractivity contribution is 5.36. The third-order valence-corrected chi connectivity index (χ3v) is 6.19. The highest BCUT2D eigenvalue weighted by Gasteiger charge is 2.48. The average molecular weight is 375 g/mol. The van der Waals surface area contributed by atoms with Gasteiger partial charge in [-0.15, -0.1) is 0 Å². The van der Waals surface area contributed by atoms with E-state index >= 15 is 0 Å². The van der Waals surface area contributed by atoms with E-state index in [1.54, 1.807) is 0 Å². The molecule has 4 rings (SSSR count). The van der Waals surface area contributed by atoms with E-state index < -0.39 is 17.3 Å². The maximum Gasteiger partial charge on any atom is 0.416 e. The fourth-order valence-electron chi connectivity index (χ4n) is 4.88. The lowest BCUT2D eigenvalue weighted by Crippen LogP contribution is -2.49. The van der Waals surface area contributed by atoms with E-state index in [0.29, 0.717) is 18.4 Å². The van der Waals surface area contributed by atoms with Gasteiger partial charge in [-0.3, -0.25) is 4.90 Å². The molecule has 2 heterocycles. The number of aryl methyl sites for hydroxylation is 1. The number of halogens is 3. The molecule has 1 N–H and O–H groups in total. The molecule has 2 aliphatic heterocycles. The highest BCUT2D eigenvalue weighted by Crippen LogP contribution is 2.47. The first-order valence-corrected chi connectivity index (χ1v) is 9.47. The lowest BCUT2D eigenvalue weighted by atomic mass is 9.79. The first kappa shape index (κ1) is 18.5. The summed E-state index contributed by atoms with van der Waals surface area (Å²) in [5.41, 5.74) is 0.370. The molecule has 2 aromatic rings. The zero-order valence-corrected chi connectivity index (χ0v) is 15.3. The second kappa shape index (κ2) is 6.64. The van der Waals surface area contributed by atoms with Crippen molar-refractivity contribution in [3.05, 3.63) is 70.8 Å². The molecule has 0 saturated carbocycles. The smallest absolute Gasteiger partial charge is 0.385 e. The van der Waals surface area contributed by atoms with E-state index in [0.717, 1.165) is 25.5 Å². The van der Waals surface area contributed by atoms with Crippen molar-refractivity contribution in [1.82, 2.24) is 4.90 Å². The molecule has 2 atom stereocenters. The number of rotatable bonds is 3. The number of hydrogen-bond acceptors (Lipinski definition) is 2. The van der Waals surface area contributed by atoms with E-state index in [9.17, 15) is 18.3 Å². The van der Waals surface area contributed by atoms with Crippen molar-refractivity contribution in [3.63, 3.8) is 0 Å². The molecular weight excluding hydrogens is 351 g/mol. The van der Waals surface area contributed by atoms with Gasteiger partial charge < -0.3 is 5.11 Å². The largest absolute Gasteiger partial charge is 0.416 e. The molecule has 2 aromatic carbocycles. The molecule has 2 unspecified atom stereocenters. The summed E-state index contributed by atoms with van der Waals surface area (Å²) in [6.07, 6.45) is -1.16. The van der Waals surface area contributed by atoms with E-state index in [2.05, 4.69) is 17.0 Å². The van der Waals surface area contributed by atoms with Gasteiger partial charge in [0, 0.05) is 18.6 Å². The second-order valence-electron chi connectivity index (χ2n) is 8.01. The Balaban J connectivity index is 1.56. The zero-order valence-electron chi connectivity index (χ0n) is 15.3. The molecular formula is C22H24F3NO. The number of piperidine rings is 1. The van der Waals surface area contributed by atoms with Crippen molar-refractivity contribution in [1.29, 1.82) is 0 Å². The Morgan fingerprint density at radius 2 is 1.67 bits per heavy atom. The predicted molar refractivity (Wildman–Crippen MR) is 98.1 cm³/mol. The Hall–Kier alpha value is -1.85. The van der Waals surface area contributed by atoms with Crippen LogP contribution in [0.15, 0.2) is 48.5 Å². The number of alkyl halides is 3. The van der Waals surface area contributed by atoms with E-state index in [1.807, 2.05) is 18.2 Å². The SMILES string of the molecule is Cc1cc(C2(O)CC3CCC(C2)N3Cc2ccccc2)ccc1C(F)(F)F. The third-order valence-electron chi connectivity index (χ3n) is 6.19. The van der Waals surface area contributed by atoms with E-state index in [1.165, 1.54) is 24.6 Å². The Bertz CT molecular complexity index is 804. The van der Waals surface area contributed by atoms with Gasteiger partial charge >= 0.3 is 6.18 Å². The number of benzene rings is 2. The number of aliphatic hydroxyl groups is 1. The van der Waals surface area contributed by atoms with Crippen LogP contribution >= 0.6 is 0 Å². The minimum atomic E-state index is -4.36. The predicted octanol–water partition coefficient (Wildman–Crippen LogP) is 5.03. The van der Waals surface area contributed by atoms with Gasteiger partial charge in [-0.2, -0.15) is 13.2 Å². The minimum absolute atomic E-state index is 0.174. The lowest BCUT2D eigenvalue weighted by molar-refractivity contribution is -0.138. The van der Waals surface area contributed by atoms with E-state index in [4.69, 9.17) is 0 Å². The summed E-state index contributed by atoms with van der Waals surface area (Å²) in [5, 5.41) is 11.3. The van der Waals surface area contributed by atoms with Crippen molar-refractivity contribution < 1.29 is 18.3 Å². The zero-order chi connectivity index (χ0) is 19.2. The molecule has 2 nitrogen and oxygen atoms in total.